The summed E-state index contributed by atoms with van der Waals surface area (Å²) in [6, 6.07) is 7.74. The fourth-order valence-electron chi connectivity index (χ4n) is 1.52. The second-order valence-electron chi connectivity index (χ2n) is 3.40. The number of hydrogen-bond acceptors (Lipinski definition) is 4. The second kappa shape index (κ2) is 5.41. The Morgan fingerprint density at radius 1 is 1.50 bits per heavy atom. The van der Waals surface area contributed by atoms with E-state index in [4.69, 9.17) is 17.4 Å². The topological polar surface area (TPSA) is 50.9 Å². The summed E-state index contributed by atoms with van der Waals surface area (Å²) in [6.07, 6.45) is 2.57. The van der Waals surface area contributed by atoms with Gasteiger partial charge in [-0.2, -0.15) is 0 Å². The van der Waals surface area contributed by atoms with Crippen LogP contribution in [0, 0.1) is 0 Å². The summed E-state index contributed by atoms with van der Waals surface area (Å²) in [5.41, 5.74) is 3.87. The van der Waals surface area contributed by atoms with Crippen LogP contribution in [0.3, 0.4) is 0 Å². The van der Waals surface area contributed by atoms with Crippen LogP contribution in [0.25, 0.3) is 0 Å². The first-order valence-electron chi connectivity index (χ1n) is 4.89. The number of nitrogens with two attached hydrogens (primary N) is 1. The maximum atomic E-state index is 5.95. The van der Waals surface area contributed by atoms with Crippen molar-refractivity contribution in [3.63, 3.8) is 0 Å². The molecule has 0 aliphatic carbocycles. The van der Waals surface area contributed by atoms with E-state index >= 15 is 0 Å². The van der Waals surface area contributed by atoms with E-state index in [1.54, 1.807) is 17.5 Å². The minimum atomic E-state index is 0.0462. The first kappa shape index (κ1) is 11.5. The molecule has 0 aliphatic rings. The second-order valence-corrected chi connectivity index (χ2v) is 4.82. The molecule has 0 aliphatic heterocycles. The molecule has 1 aromatic carbocycles. The van der Waals surface area contributed by atoms with Gasteiger partial charge in [0, 0.05) is 23.0 Å². The van der Waals surface area contributed by atoms with Crippen LogP contribution in [0.5, 0.6) is 0 Å². The number of hydrogen-bond donors (Lipinski definition) is 2. The van der Waals surface area contributed by atoms with E-state index in [9.17, 15) is 0 Å². The number of rotatable bonds is 4. The zero-order chi connectivity index (χ0) is 11.4. The van der Waals surface area contributed by atoms with Gasteiger partial charge in [-0.15, -0.1) is 11.3 Å². The lowest BCUT2D eigenvalue weighted by Crippen LogP contribution is -2.29. The number of benzene rings is 1. The fraction of sp³-hybridized carbons (Fsp3) is 0.182. The maximum absolute atomic E-state index is 5.95. The third kappa shape index (κ3) is 2.80. The number of thiazole rings is 1. The van der Waals surface area contributed by atoms with Crippen LogP contribution >= 0.6 is 22.9 Å². The molecule has 5 heteroatoms. The monoisotopic (exact) mass is 253 g/mol. The van der Waals surface area contributed by atoms with E-state index in [0.29, 0.717) is 0 Å². The van der Waals surface area contributed by atoms with Crippen LogP contribution in [0.1, 0.15) is 16.6 Å². The number of aromatic nitrogens is 1. The summed E-state index contributed by atoms with van der Waals surface area (Å²) in [6.45, 7) is 0. The Kier molecular flexibility index (Phi) is 3.90. The van der Waals surface area contributed by atoms with Crippen LogP contribution in [0.2, 0.25) is 5.02 Å². The van der Waals surface area contributed by atoms with Gasteiger partial charge >= 0.3 is 0 Å². The summed E-state index contributed by atoms with van der Waals surface area (Å²) in [5.74, 6) is 5.56. The van der Waals surface area contributed by atoms with E-state index in [-0.39, 0.29) is 6.04 Å². The highest BCUT2D eigenvalue weighted by Crippen LogP contribution is 2.21. The van der Waals surface area contributed by atoms with Gasteiger partial charge in [0.05, 0.1) is 11.0 Å². The molecule has 0 spiro atoms. The lowest BCUT2D eigenvalue weighted by Gasteiger charge is -2.15. The smallest absolute Gasteiger partial charge is 0.0944 e. The summed E-state index contributed by atoms with van der Waals surface area (Å²) >= 11 is 7.57. The summed E-state index contributed by atoms with van der Waals surface area (Å²) < 4.78 is 0. The van der Waals surface area contributed by atoms with Crippen molar-refractivity contribution in [2.45, 2.75) is 12.5 Å². The first-order valence-corrected chi connectivity index (χ1v) is 6.15. The van der Waals surface area contributed by atoms with Gasteiger partial charge in [0.15, 0.2) is 0 Å². The van der Waals surface area contributed by atoms with Gasteiger partial charge in [0.1, 0.15) is 0 Å². The zero-order valence-corrected chi connectivity index (χ0v) is 10.1. The SMILES string of the molecule is NNC(Cc1nccs1)c1cccc(Cl)c1. The largest absolute Gasteiger partial charge is 0.271 e. The van der Waals surface area contributed by atoms with Crippen LogP contribution in [-0.4, -0.2) is 4.98 Å². The van der Waals surface area contributed by atoms with Crippen molar-refractivity contribution in [2.24, 2.45) is 5.84 Å². The molecule has 0 radical (unpaired) electrons. The van der Waals surface area contributed by atoms with E-state index in [1.807, 2.05) is 29.6 Å². The van der Waals surface area contributed by atoms with Crippen molar-refractivity contribution < 1.29 is 0 Å². The highest BCUT2D eigenvalue weighted by atomic mass is 35.5. The van der Waals surface area contributed by atoms with Crippen LogP contribution in [-0.2, 0) is 6.42 Å². The molecule has 1 atom stereocenters. The van der Waals surface area contributed by atoms with Gasteiger partial charge in [-0.3, -0.25) is 11.3 Å². The molecule has 0 amide bonds. The molecule has 0 bridgehead atoms. The molecule has 84 valence electrons. The molecule has 1 heterocycles. The zero-order valence-electron chi connectivity index (χ0n) is 8.56. The minimum absolute atomic E-state index is 0.0462. The van der Waals surface area contributed by atoms with Crippen molar-refractivity contribution in [1.29, 1.82) is 0 Å². The molecule has 3 nitrogen and oxygen atoms in total. The molecule has 0 fully saturated rings. The van der Waals surface area contributed by atoms with Gasteiger partial charge in [-0.1, -0.05) is 23.7 Å². The van der Waals surface area contributed by atoms with Crippen molar-refractivity contribution in [3.8, 4) is 0 Å². The average Bonchev–Trinajstić information content (AvgIpc) is 2.78. The van der Waals surface area contributed by atoms with E-state index < -0.39 is 0 Å². The van der Waals surface area contributed by atoms with Crippen molar-refractivity contribution in [1.82, 2.24) is 10.4 Å². The highest BCUT2D eigenvalue weighted by molar-refractivity contribution is 7.09. The standard InChI is InChI=1S/C11H12ClN3S/c12-9-3-1-2-8(6-9)10(15-13)7-11-14-4-5-16-11/h1-6,10,15H,7,13H2. The molecular formula is C11H12ClN3S. The van der Waals surface area contributed by atoms with Crippen molar-refractivity contribution in [3.05, 3.63) is 51.4 Å². The highest BCUT2D eigenvalue weighted by Gasteiger charge is 2.12. The van der Waals surface area contributed by atoms with Gasteiger partial charge < -0.3 is 0 Å². The fourth-order valence-corrected chi connectivity index (χ4v) is 2.39. The van der Waals surface area contributed by atoms with Crippen LogP contribution in [0.15, 0.2) is 35.8 Å². The maximum Gasteiger partial charge on any atom is 0.0944 e. The minimum Gasteiger partial charge on any atom is -0.271 e. The van der Waals surface area contributed by atoms with Crippen molar-refractivity contribution >= 4 is 22.9 Å². The molecule has 16 heavy (non-hydrogen) atoms. The Morgan fingerprint density at radius 3 is 3.00 bits per heavy atom. The van der Waals surface area contributed by atoms with Gasteiger partial charge in [-0.05, 0) is 17.7 Å². The van der Waals surface area contributed by atoms with Gasteiger partial charge in [0.2, 0.25) is 0 Å². The predicted octanol–water partition coefficient (Wildman–Crippen LogP) is 2.54. The Bertz CT molecular complexity index is 444. The van der Waals surface area contributed by atoms with E-state index in [2.05, 4.69) is 10.4 Å². The van der Waals surface area contributed by atoms with E-state index in [1.165, 1.54) is 0 Å². The summed E-state index contributed by atoms with van der Waals surface area (Å²) in [4.78, 5) is 4.24. The van der Waals surface area contributed by atoms with E-state index in [0.717, 1.165) is 22.0 Å². The molecule has 1 unspecified atom stereocenters. The lowest BCUT2D eigenvalue weighted by atomic mass is 10.1. The Balaban J connectivity index is 2.16. The normalized spacial score (nSPS) is 12.6. The Morgan fingerprint density at radius 2 is 2.38 bits per heavy atom. The molecular weight excluding hydrogens is 242 g/mol. The first-order chi connectivity index (χ1) is 7.79. The van der Waals surface area contributed by atoms with Gasteiger partial charge in [-0.25, -0.2) is 4.98 Å². The van der Waals surface area contributed by atoms with Crippen LogP contribution in [0.4, 0.5) is 0 Å². The average molecular weight is 254 g/mol. The number of nitrogens with zero attached hydrogens (tertiary/aromatic N) is 1. The van der Waals surface area contributed by atoms with Gasteiger partial charge in [0.25, 0.3) is 0 Å². The molecule has 2 rings (SSSR count). The lowest BCUT2D eigenvalue weighted by molar-refractivity contribution is 0.551. The summed E-state index contributed by atoms with van der Waals surface area (Å²) in [5, 5.41) is 3.74. The number of hydrazine groups is 1. The third-order valence-corrected chi connectivity index (χ3v) is 3.35. The predicted molar refractivity (Wildman–Crippen MR) is 67.3 cm³/mol. The Hall–Kier alpha value is -0.940. The molecule has 0 saturated heterocycles. The number of nitrogens with one attached hydrogen (secondary N) is 1. The molecule has 3 N–H and O–H groups in total. The quantitative estimate of drug-likeness (QED) is 0.650. The molecule has 0 saturated carbocycles. The van der Waals surface area contributed by atoms with Crippen LogP contribution < -0.4 is 11.3 Å². The number of halogens is 1. The third-order valence-electron chi connectivity index (χ3n) is 2.31. The molecule has 1 aromatic heterocycles. The van der Waals surface area contributed by atoms with Crippen molar-refractivity contribution in [2.75, 3.05) is 0 Å². The molecule has 2 aromatic rings. The Labute approximate surface area is 103 Å². The summed E-state index contributed by atoms with van der Waals surface area (Å²) in [7, 11) is 0.